The van der Waals surface area contributed by atoms with Crippen molar-refractivity contribution in [3.63, 3.8) is 0 Å². The van der Waals surface area contributed by atoms with Gasteiger partial charge in [0.05, 0.1) is 13.2 Å². The zero-order valence-electron chi connectivity index (χ0n) is 12.7. The molecule has 1 aliphatic heterocycles. The van der Waals surface area contributed by atoms with E-state index in [1.54, 1.807) is 0 Å². The van der Waals surface area contributed by atoms with Crippen molar-refractivity contribution in [2.24, 2.45) is 0 Å². The number of aliphatic hydroxyl groups is 1. The number of carbonyl (C=O) groups excluding carboxylic acids is 1. The summed E-state index contributed by atoms with van der Waals surface area (Å²) in [6.07, 6.45) is 0.963. The number of piperazine rings is 1. The van der Waals surface area contributed by atoms with E-state index in [0.29, 0.717) is 6.54 Å². The smallest absolute Gasteiger partial charge is 0.238 e. The third kappa shape index (κ3) is 4.81. The number of nitrogens with one attached hydrogen (secondary N) is 1. The zero-order chi connectivity index (χ0) is 15.1. The average Bonchev–Trinajstić information content (AvgIpc) is 2.51. The summed E-state index contributed by atoms with van der Waals surface area (Å²) < 4.78 is 0. The van der Waals surface area contributed by atoms with Gasteiger partial charge in [-0.2, -0.15) is 0 Å². The number of nitrogens with zero attached hydrogens (tertiary/aromatic N) is 2. The topological polar surface area (TPSA) is 55.8 Å². The molecule has 1 unspecified atom stereocenters. The van der Waals surface area contributed by atoms with Crippen molar-refractivity contribution in [2.75, 3.05) is 44.6 Å². The lowest BCUT2D eigenvalue weighted by atomic mass is 10.1. The monoisotopic (exact) mass is 291 g/mol. The predicted molar refractivity (Wildman–Crippen MR) is 84.2 cm³/mol. The second kappa shape index (κ2) is 8.12. The van der Waals surface area contributed by atoms with Crippen LogP contribution in [0.25, 0.3) is 0 Å². The summed E-state index contributed by atoms with van der Waals surface area (Å²) in [7, 11) is 0. The summed E-state index contributed by atoms with van der Waals surface area (Å²) in [5.41, 5.74) is 0.840. The quantitative estimate of drug-likeness (QED) is 0.821. The Morgan fingerprint density at radius 2 is 1.90 bits per heavy atom. The molecule has 2 N–H and O–H groups in total. The third-order valence-corrected chi connectivity index (χ3v) is 4.03. The summed E-state index contributed by atoms with van der Waals surface area (Å²) >= 11 is 0. The van der Waals surface area contributed by atoms with Crippen LogP contribution in [0.15, 0.2) is 30.3 Å². The summed E-state index contributed by atoms with van der Waals surface area (Å²) in [5, 5.41) is 12.2. The van der Waals surface area contributed by atoms with Crippen molar-refractivity contribution in [1.29, 1.82) is 0 Å². The molecule has 1 heterocycles. The molecule has 1 aliphatic rings. The number of carbonyl (C=O) groups is 1. The number of rotatable bonds is 6. The Morgan fingerprint density at radius 3 is 2.48 bits per heavy atom. The fraction of sp³-hybridized carbons (Fsp3) is 0.562. The van der Waals surface area contributed by atoms with Gasteiger partial charge >= 0.3 is 0 Å². The lowest BCUT2D eigenvalue weighted by Gasteiger charge is -2.38. The first-order valence-electron chi connectivity index (χ1n) is 7.65. The second-order valence-corrected chi connectivity index (χ2v) is 5.47. The van der Waals surface area contributed by atoms with Gasteiger partial charge in [-0.25, -0.2) is 0 Å². The number of aliphatic hydroxyl groups excluding tert-OH is 1. The SMILES string of the molecule is CCC(CO)N1CCN(CC(=O)Nc2ccccc2)CC1. The summed E-state index contributed by atoms with van der Waals surface area (Å²) in [6, 6.07) is 9.79. The van der Waals surface area contributed by atoms with Crippen LogP contribution in [-0.4, -0.2) is 66.2 Å². The van der Waals surface area contributed by atoms with Crippen LogP contribution < -0.4 is 5.32 Å². The molecule has 0 radical (unpaired) electrons. The van der Waals surface area contributed by atoms with Crippen LogP contribution in [0.3, 0.4) is 0 Å². The van der Waals surface area contributed by atoms with Crippen molar-refractivity contribution in [1.82, 2.24) is 9.80 Å². The van der Waals surface area contributed by atoms with Crippen molar-refractivity contribution in [3.8, 4) is 0 Å². The Labute approximate surface area is 126 Å². The van der Waals surface area contributed by atoms with E-state index in [1.165, 1.54) is 0 Å². The highest BCUT2D eigenvalue weighted by Gasteiger charge is 2.23. The maximum absolute atomic E-state index is 12.0. The zero-order valence-corrected chi connectivity index (χ0v) is 12.7. The van der Waals surface area contributed by atoms with Gasteiger partial charge in [-0.05, 0) is 18.6 Å². The van der Waals surface area contributed by atoms with Crippen LogP contribution in [0.4, 0.5) is 5.69 Å². The largest absolute Gasteiger partial charge is 0.395 e. The summed E-state index contributed by atoms with van der Waals surface area (Å²) in [6.45, 7) is 6.32. The van der Waals surface area contributed by atoms with E-state index in [9.17, 15) is 9.90 Å². The molecule has 0 aromatic heterocycles. The number of anilines is 1. The maximum Gasteiger partial charge on any atom is 0.238 e. The van der Waals surface area contributed by atoms with E-state index in [4.69, 9.17) is 0 Å². The highest BCUT2D eigenvalue weighted by Crippen LogP contribution is 2.09. The van der Waals surface area contributed by atoms with Crippen LogP contribution in [0.2, 0.25) is 0 Å². The Hall–Kier alpha value is -1.43. The summed E-state index contributed by atoms with van der Waals surface area (Å²) in [4.78, 5) is 16.5. The molecule has 0 bridgehead atoms. The molecule has 1 fully saturated rings. The van der Waals surface area contributed by atoms with E-state index in [0.717, 1.165) is 38.3 Å². The molecule has 1 aromatic carbocycles. The van der Waals surface area contributed by atoms with Crippen LogP contribution in [0.1, 0.15) is 13.3 Å². The number of para-hydroxylation sites is 1. The molecule has 21 heavy (non-hydrogen) atoms. The number of benzene rings is 1. The summed E-state index contributed by atoms with van der Waals surface area (Å²) in [5.74, 6) is 0.0313. The van der Waals surface area contributed by atoms with Crippen molar-refractivity contribution < 1.29 is 9.90 Å². The van der Waals surface area contributed by atoms with Crippen molar-refractivity contribution in [2.45, 2.75) is 19.4 Å². The van der Waals surface area contributed by atoms with Crippen molar-refractivity contribution >= 4 is 11.6 Å². The van der Waals surface area contributed by atoms with Gasteiger partial charge in [-0.1, -0.05) is 25.1 Å². The number of hydrogen-bond donors (Lipinski definition) is 2. The lowest BCUT2D eigenvalue weighted by Crippen LogP contribution is -2.52. The van der Waals surface area contributed by atoms with E-state index >= 15 is 0 Å². The van der Waals surface area contributed by atoms with Gasteiger partial charge in [0.25, 0.3) is 0 Å². The molecule has 1 amide bonds. The van der Waals surface area contributed by atoms with Gasteiger partial charge in [0.15, 0.2) is 0 Å². The normalized spacial score (nSPS) is 18.4. The van der Waals surface area contributed by atoms with Crippen molar-refractivity contribution in [3.05, 3.63) is 30.3 Å². The Balaban J connectivity index is 1.74. The Morgan fingerprint density at radius 1 is 1.24 bits per heavy atom. The van der Waals surface area contributed by atoms with Crippen LogP contribution >= 0.6 is 0 Å². The fourth-order valence-electron chi connectivity index (χ4n) is 2.71. The first-order chi connectivity index (χ1) is 10.2. The van der Waals surface area contributed by atoms with Crippen LogP contribution in [-0.2, 0) is 4.79 Å². The third-order valence-electron chi connectivity index (χ3n) is 4.03. The Kier molecular flexibility index (Phi) is 6.17. The highest BCUT2D eigenvalue weighted by molar-refractivity contribution is 5.92. The minimum atomic E-state index is 0.0313. The van der Waals surface area contributed by atoms with E-state index < -0.39 is 0 Å². The molecule has 1 aromatic rings. The van der Waals surface area contributed by atoms with E-state index in [-0.39, 0.29) is 18.6 Å². The van der Waals surface area contributed by atoms with Crippen LogP contribution in [0.5, 0.6) is 0 Å². The minimum Gasteiger partial charge on any atom is -0.395 e. The number of hydrogen-bond acceptors (Lipinski definition) is 4. The first-order valence-corrected chi connectivity index (χ1v) is 7.65. The molecular weight excluding hydrogens is 266 g/mol. The van der Waals surface area contributed by atoms with Gasteiger partial charge in [-0.3, -0.25) is 14.6 Å². The first kappa shape index (κ1) is 15.9. The van der Waals surface area contributed by atoms with Gasteiger partial charge in [-0.15, -0.1) is 0 Å². The van der Waals surface area contributed by atoms with Crippen LogP contribution in [0, 0.1) is 0 Å². The van der Waals surface area contributed by atoms with Gasteiger partial charge in [0.1, 0.15) is 0 Å². The average molecular weight is 291 g/mol. The predicted octanol–water partition coefficient (Wildman–Crippen LogP) is 1.01. The lowest BCUT2D eigenvalue weighted by molar-refractivity contribution is -0.117. The van der Waals surface area contributed by atoms with Gasteiger partial charge in [0, 0.05) is 37.9 Å². The minimum absolute atomic E-state index is 0.0313. The maximum atomic E-state index is 12.0. The fourth-order valence-corrected chi connectivity index (χ4v) is 2.71. The standard InChI is InChI=1S/C16H25N3O2/c1-2-15(13-20)19-10-8-18(9-11-19)12-16(21)17-14-6-4-3-5-7-14/h3-7,15,20H,2,8-13H2,1H3,(H,17,21). The molecule has 0 aliphatic carbocycles. The molecular formula is C16H25N3O2. The second-order valence-electron chi connectivity index (χ2n) is 5.47. The molecule has 5 heteroatoms. The van der Waals surface area contributed by atoms with Gasteiger partial charge in [0.2, 0.25) is 5.91 Å². The molecule has 0 saturated carbocycles. The van der Waals surface area contributed by atoms with E-state index in [2.05, 4.69) is 22.0 Å². The van der Waals surface area contributed by atoms with Gasteiger partial charge < -0.3 is 10.4 Å². The highest BCUT2D eigenvalue weighted by atomic mass is 16.3. The molecule has 1 saturated heterocycles. The Bertz CT molecular complexity index is 426. The molecule has 2 rings (SSSR count). The number of amides is 1. The molecule has 116 valence electrons. The molecule has 5 nitrogen and oxygen atoms in total. The molecule has 0 spiro atoms. The molecule has 1 atom stereocenters. The van der Waals surface area contributed by atoms with E-state index in [1.807, 2.05) is 30.3 Å².